The average molecular weight is 544 g/mol. The summed E-state index contributed by atoms with van der Waals surface area (Å²) in [6, 6.07) is 42.1. The van der Waals surface area contributed by atoms with Crippen LogP contribution in [0.25, 0.3) is 80.7 Å². The van der Waals surface area contributed by atoms with Crippen LogP contribution in [0.4, 0.5) is 0 Å². The Morgan fingerprint density at radius 3 is 2.00 bits per heavy atom. The Labute approximate surface area is 240 Å². The molecule has 0 atom stereocenters. The molecule has 0 bridgehead atoms. The van der Waals surface area contributed by atoms with Crippen LogP contribution in [0.15, 0.2) is 120 Å². The summed E-state index contributed by atoms with van der Waals surface area (Å²) in [4.78, 5) is 0. The lowest BCUT2D eigenvalue weighted by Gasteiger charge is -2.09. The van der Waals surface area contributed by atoms with E-state index >= 15 is 0 Å². The molecule has 0 radical (unpaired) electrons. The van der Waals surface area contributed by atoms with Crippen molar-refractivity contribution in [3.63, 3.8) is 0 Å². The lowest BCUT2D eigenvalue weighted by molar-refractivity contribution is 0.669. The van der Waals surface area contributed by atoms with Crippen LogP contribution < -0.4 is 0 Å². The fourth-order valence-electron chi connectivity index (χ4n) is 6.56. The smallest absolute Gasteiger partial charge is 0.136 e. The summed E-state index contributed by atoms with van der Waals surface area (Å²) >= 11 is 1.88. The predicted octanol–water partition coefficient (Wildman–Crippen LogP) is 11.3. The molecular weight excluding hydrogens is 518 g/mol. The summed E-state index contributed by atoms with van der Waals surface area (Å²) < 4.78 is 11.3. The van der Waals surface area contributed by atoms with Crippen molar-refractivity contribution in [3.8, 4) is 16.8 Å². The van der Waals surface area contributed by atoms with Crippen LogP contribution in [-0.2, 0) is 0 Å². The lowest BCUT2D eigenvalue weighted by atomic mass is 10.0. The van der Waals surface area contributed by atoms with Gasteiger partial charge in [-0.2, -0.15) is 0 Å². The maximum absolute atomic E-state index is 6.20. The van der Waals surface area contributed by atoms with E-state index in [0.717, 1.165) is 21.9 Å². The molecule has 0 aliphatic rings. The number of para-hydroxylation sites is 1. The Kier molecular flexibility index (Phi) is 4.65. The molecule has 2 nitrogen and oxygen atoms in total. The summed E-state index contributed by atoms with van der Waals surface area (Å²) in [5.74, 6) is 0. The minimum Gasteiger partial charge on any atom is -0.456 e. The van der Waals surface area contributed by atoms with Crippen molar-refractivity contribution < 1.29 is 4.42 Å². The minimum atomic E-state index is 0.929. The molecule has 0 unspecified atom stereocenters. The van der Waals surface area contributed by atoms with E-state index in [1.165, 1.54) is 69.9 Å². The first-order valence-corrected chi connectivity index (χ1v) is 14.8. The number of hydrogen-bond donors (Lipinski definition) is 0. The van der Waals surface area contributed by atoms with E-state index in [-0.39, 0.29) is 0 Å². The predicted molar refractivity (Wildman–Crippen MR) is 176 cm³/mol. The molecule has 3 heterocycles. The second-order valence-corrected chi connectivity index (χ2v) is 12.2. The Morgan fingerprint density at radius 2 is 1.20 bits per heavy atom. The number of thiophene rings is 1. The van der Waals surface area contributed by atoms with Gasteiger partial charge in [-0.05, 0) is 85.6 Å². The summed E-state index contributed by atoms with van der Waals surface area (Å²) in [7, 11) is 0. The molecule has 194 valence electrons. The van der Waals surface area contributed by atoms with Gasteiger partial charge in [0.25, 0.3) is 0 Å². The molecule has 0 amide bonds. The molecule has 3 aromatic heterocycles. The molecule has 41 heavy (non-hydrogen) atoms. The number of aromatic nitrogens is 1. The van der Waals surface area contributed by atoms with E-state index in [1.54, 1.807) is 0 Å². The highest BCUT2D eigenvalue weighted by Crippen LogP contribution is 2.42. The van der Waals surface area contributed by atoms with Crippen molar-refractivity contribution in [3.05, 3.63) is 126 Å². The van der Waals surface area contributed by atoms with Crippen LogP contribution in [-0.4, -0.2) is 4.57 Å². The summed E-state index contributed by atoms with van der Waals surface area (Å²) in [5.41, 5.74) is 10.5. The number of benzene rings is 6. The third-order valence-electron chi connectivity index (χ3n) is 8.51. The minimum absolute atomic E-state index is 0.929. The maximum atomic E-state index is 6.20. The molecule has 0 aliphatic heterocycles. The van der Waals surface area contributed by atoms with E-state index in [9.17, 15) is 0 Å². The van der Waals surface area contributed by atoms with Gasteiger partial charge in [-0.3, -0.25) is 0 Å². The van der Waals surface area contributed by atoms with Gasteiger partial charge in [0, 0.05) is 37.0 Å². The molecule has 0 saturated heterocycles. The van der Waals surface area contributed by atoms with Crippen LogP contribution in [0.3, 0.4) is 0 Å². The second-order valence-electron chi connectivity index (χ2n) is 11.2. The van der Waals surface area contributed by atoms with E-state index in [2.05, 4.69) is 122 Å². The highest BCUT2D eigenvalue weighted by Gasteiger charge is 2.17. The zero-order valence-electron chi connectivity index (χ0n) is 22.7. The Balaban J connectivity index is 1.27. The topological polar surface area (TPSA) is 18.1 Å². The van der Waals surface area contributed by atoms with Crippen LogP contribution in [0.2, 0.25) is 0 Å². The zero-order chi connectivity index (χ0) is 27.2. The van der Waals surface area contributed by atoms with Crippen molar-refractivity contribution in [2.45, 2.75) is 13.8 Å². The number of nitrogens with zero attached hydrogens (tertiary/aromatic N) is 1. The number of rotatable bonds is 2. The van der Waals surface area contributed by atoms with Crippen LogP contribution in [0.1, 0.15) is 11.1 Å². The molecule has 0 saturated carbocycles. The monoisotopic (exact) mass is 543 g/mol. The Bertz CT molecular complexity index is 2450. The molecule has 0 fully saturated rings. The number of hydrogen-bond acceptors (Lipinski definition) is 2. The third kappa shape index (κ3) is 3.30. The normalized spacial score (nSPS) is 12.1. The SMILES string of the molecule is Cc1ccc2c(c1)c1cc(C)ccc1n2-c1cccc2c1sc1ccc(-c3ccc4c(c3)oc3ccccc34)cc12. The van der Waals surface area contributed by atoms with Gasteiger partial charge < -0.3 is 8.98 Å². The van der Waals surface area contributed by atoms with Gasteiger partial charge in [-0.25, -0.2) is 0 Å². The van der Waals surface area contributed by atoms with Gasteiger partial charge in [0.05, 0.1) is 21.4 Å². The van der Waals surface area contributed by atoms with Gasteiger partial charge in [0.2, 0.25) is 0 Å². The molecule has 0 aliphatic carbocycles. The van der Waals surface area contributed by atoms with E-state index in [1.807, 2.05) is 23.5 Å². The molecule has 0 N–H and O–H groups in total. The number of aryl methyl sites for hydroxylation is 2. The third-order valence-corrected chi connectivity index (χ3v) is 9.71. The molecule has 6 aromatic carbocycles. The quantitative estimate of drug-likeness (QED) is 0.212. The fraction of sp³-hybridized carbons (Fsp3) is 0.0526. The van der Waals surface area contributed by atoms with E-state index < -0.39 is 0 Å². The van der Waals surface area contributed by atoms with Crippen LogP contribution in [0.5, 0.6) is 0 Å². The van der Waals surface area contributed by atoms with Crippen LogP contribution in [0, 0.1) is 13.8 Å². The molecule has 9 rings (SSSR count). The van der Waals surface area contributed by atoms with Gasteiger partial charge in [0.15, 0.2) is 0 Å². The average Bonchev–Trinajstić information content (AvgIpc) is 3.65. The fourth-order valence-corrected chi connectivity index (χ4v) is 7.74. The van der Waals surface area contributed by atoms with Gasteiger partial charge in [0.1, 0.15) is 11.2 Å². The van der Waals surface area contributed by atoms with Gasteiger partial charge in [-0.1, -0.05) is 65.7 Å². The Hall–Kier alpha value is -4.86. The maximum Gasteiger partial charge on any atom is 0.136 e. The highest BCUT2D eigenvalue weighted by atomic mass is 32.1. The van der Waals surface area contributed by atoms with Crippen molar-refractivity contribution in [1.82, 2.24) is 4.57 Å². The van der Waals surface area contributed by atoms with Crippen molar-refractivity contribution in [2.75, 3.05) is 0 Å². The van der Waals surface area contributed by atoms with Gasteiger partial charge >= 0.3 is 0 Å². The first kappa shape index (κ1) is 22.9. The summed E-state index contributed by atoms with van der Waals surface area (Å²) in [6.45, 7) is 4.35. The van der Waals surface area contributed by atoms with Crippen molar-refractivity contribution >= 4 is 75.3 Å². The molecule has 0 spiro atoms. The standard InChI is InChI=1S/C38H25NOS/c1-22-10-15-32-29(18-22)30-19-23(2)11-16-33(30)39(32)34-8-5-7-28-31-20-24(13-17-37(31)41-38(28)34)25-12-14-27-26-6-3-4-9-35(26)40-36(27)21-25/h3-21H,1-2H3. The summed E-state index contributed by atoms with van der Waals surface area (Å²) in [6.07, 6.45) is 0. The van der Waals surface area contributed by atoms with Crippen molar-refractivity contribution in [2.24, 2.45) is 0 Å². The lowest BCUT2D eigenvalue weighted by Crippen LogP contribution is -1.94. The first-order chi connectivity index (χ1) is 20.1. The Morgan fingerprint density at radius 1 is 0.512 bits per heavy atom. The highest BCUT2D eigenvalue weighted by molar-refractivity contribution is 7.26. The molecule has 3 heteroatoms. The van der Waals surface area contributed by atoms with Crippen molar-refractivity contribution in [1.29, 1.82) is 0 Å². The van der Waals surface area contributed by atoms with E-state index in [4.69, 9.17) is 4.42 Å². The first-order valence-electron chi connectivity index (χ1n) is 14.0. The molecule has 9 aromatic rings. The number of furan rings is 1. The number of fused-ring (bicyclic) bond motifs is 9. The largest absolute Gasteiger partial charge is 0.456 e. The molecular formula is C38H25NOS. The zero-order valence-corrected chi connectivity index (χ0v) is 23.5. The van der Waals surface area contributed by atoms with Gasteiger partial charge in [-0.15, -0.1) is 11.3 Å². The van der Waals surface area contributed by atoms with Crippen LogP contribution >= 0.6 is 11.3 Å². The van der Waals surface area contributed by atoms with E-state index in [0.29, 0.717) is 0 Å². The second kappa shape index (κ2) is 8.33. The summed E-state index contributed by atoms with van der Waals surface area (Å²) in [5, 5.41) is 7.53.